The maximum Gasteiger partial charge on any atom is 0.274 e. The molecule has 0 aliphatic carbocycles. The fraction of sp³-hybridized carbons (Fsp3) is 0.345. The molecule has 186 valence electrons. The predicted octanol–water partition coefficient (Wildman–Crippen LogP) is 4.11. The highest BCUT2D eigenvalue weighted by Gasteiger charge is 2.36. The fourth-order valence-corrected chi connectivity index (χ4v) is 4.93. The van der Waals surface area contributed by atoms with Crippen molar-refractivity contribution >= 4 is 17.6 Å². The van der Waals surface area contributed by atoms with Crippen LogP contribution in [0.3, 0.4) is 0 Å². The monoisotopic (exact) mass is 484 g/mol. The number of hydrogen-bond donors (Lipinski definition) is 1. The summed E-state index contributed by atoms with van der Waals surface area (Å²) >= 11 is 0. The topological polar surface area (TPSA) is 74.8 Å². The summed E-state index contributed by atoms with van der Waals surface area (Å²) in [7, 11) is 0. The lowest BCUT2D eigenvalue weighted by molar-refractivity contribution is -0.127. The molecule has 3 aromatic rings. The quantitative estimate of drug-likeness (QED) is 0.521. The smallest absolute Gasteiger partial charge is 0.274 e. The van der Waals surface area contributed by atoms with Crippen LogP contribution in [-0.4, -0.2) is 47.4 Å². The van der Waals surface area contributed by atoms with Crippen molar-refractivity contribution in [3.63, 3.8) is 0 Å². The van der Waals surface area contributed by atoms with Crippen LogP contribution in [0.2, 0.25) is 0 Å². The molecular formula is C29H32N4O3. The molecule has 1 N–H and O–H groups in total. The van der Waals surface area contributed by atoms with Crippen molar-refractivity contribution in [3.05, 3.63) is 90.1 Å². The van der Waals surface area contributed by atoms with E-state index < -0.39 is 6.10 Å². The number of benzene rings is 2. The third-order valence-electron chi connectivity index (χ3n) is 6.83. The third kappa shape index (κ3) is 5.74. The highest BCUT2D eigenvalue weighted by Crippen LogP contribution is 2.37. The van der Waals surface area contributed by atoms with Gasteiger partial charge in [-0.15, -0.1) is 0 Å². The Morgan fingerprint density at radius 1 is 0.972 bits per heavy atom. The molecular weight excluding hydrogens is 452 g/mol. The largest absolute Gasteiger partial charge is 0.472 e. The highest BCUT2D eigenvalue weighted by molar-refractivity contribution is 5.99. The number of rotatable bonds is 8. The molecule has 2 aromatic carbocycles. The Labute approximate surface area is 212 Å². The molecule has 7 nitrogen and oxygen atoms in total. The molecule has 2 aliphatic heterocycles. The van der Waals surface area contributed by atoms with Gasteiger partial charge in [0.2, 0.25) is 12.0 Å². The molecule has 5 rings (SSSR count). The summed E-state index contributed by atoms with van der Waals surface area (Å²) in [5.74, 6) is 0.982. The molecule has 1 aromatic heterocycles. The number of pyridine rings is 1. The van der Waals surface area contributed by atoms with Gasteiger partial charge in [-0.2, -0.15) is 0 Å². The van der Waals surface area contributed by atoms with E-state index in [1.807, 2.05) is 42.5 Å². The van der Waals surface area contributed by atoms with E-state index in [4.69, 9.17) is 4.74 Å². The second-order valence-corrected chi connectivity index (χ2v) is 9.43. The number of amides is 2. The summed E-state index contributed by atoms with van der Waals surface area (Å²) in [5, 5.41) is 3.20. The van der Waals surface area contributed by atoms with Crippen molar-refractivity contribution in [1.29, 1.82) is 0 Å². The number of hydrogen-bond acceptors (Lipinski definition) is 5. The minimum absolute atomic E-state index is 0.0399. The van der Waals surface area contributed by atoms with Crippen molar-refractivity contribution < 1.29 is 14.3 Å². The number of fused-ring (bicyclic) bond motifs is 1. The van der Waals surface area contributed by atoms with Crippen LogP contribution in [-0.2, 0) is 16.1 Å². The van der Waals surface area contributed by atoms with E-state index >= 15 is 0 Å². The average Bonchev–Trinajstić information content (AvgIpc) is 2.92. The standard InChI is InChI=1S/C29H32N4O3/c34-26(31-24-15-19-32(20-16-24)21-22-9-3-1-4-10-22)14-8-18-33-28-25(13-7-17-30-28)36-27(29(33)35)23-11-5-2-6-12-23/h1-7,9-13,17,24,27H,8,14-16,18-21H2,(H,31,34)/t27-/m0/s1. The molecule has 36 heavy (non-hydrogen) atoms. The second-order valence-electron chi connectivity index (χ2n) is 9.43. The fourth-order valence-electron chi connectivity index (χ4n) is 4.93. The van der Waals surface area contributed by atoms with Gasteiger partial charge in [0.15, 0.2) is 11.6 Å². The number of likely N-dealkylation sites (tertiary alicyclic amines) is 1. The van der Waals surface area contributed by atoms with Crippen LogP contribution in [0.1, 0.15) is 42.9 Å². The first-order valence-electron chi connectivity index (χ1n) is 12.7. The van der Waals surface area contributed by atoms with Crippen molar-refractivity contribution in [2.24, 2.45) is 0 Å². The lowest BCUT2D eigenvalue weighted by Crippen LogP contribution is -2.45. The van der Waals surface area contributed by atoms with Crippen molar-refractivity contribution in [3.8, 4) is 5.75 Å². The Morgan fingerprint density at radius 3 is 2.44 bits per heavy atom. The lowest BCUT2D eigenvalue weighted by atomic mass is 10.0. The SMILES string of the molecule is O=C(CCCN1C(=O)[C@H](c2ccccc2)Oc2cccnc21)NC1CCN(Cc2ccccc2)CC1. The lowest BCUT2D eigenvalue weighted by Gasteiger charge is -2.33. The van der Waals surface area contributed by atoms with E-state index in [1.165, 1.54) is 5.56 Å². The van der Waals surface area contributed by atoms with Crippen LogP contribution >= 0.6 is 0 Å². The number of ether oxygens (including phenoxy) is 1. The van der Waals surface area contributed by atoms with Gasteiger partial charge in [-0.1, -0.05) is 60.7 Å². The molecule has 0 unspecified atom stereocenters. The maximum atomic E-state index is 13.3. The number of carbonyl (C=O) groups is 2. The summed E-state index contributed by atoms with van der Waals surface area (Å²) in [6, 6.07) is 23.8. The first-order chi connectivity index (χ1) is 17.7. The van der Waals surface area contributed by atoms with Crippen molar-refractivity contribution in [2.75, 3.05) is 24.5 Å². The molecule has 7 heteroatoms. The molecule has 2 amide bonds. The summed E-state index contributed by atoms with van der Waals surface area (Å²) in [5.41, 5.74) is 2.13. The zero-order valence-electron chi connectivity index (χ0n) is 20.4. The third-order valence-corrected chi connectivity index (χ3v) is 6.83. The molecule has 0 radical (unpaired) electrons. The Hall–Kier alpha value is -3.71. The molecule has 2 aliphatic rings. The van der Waals surface area contributed by atoms with Crippen LogP contribution in [0.15, 0.2) is 79.0 Å². The molecule has 0 spiro atoms. The van der Waals surface area contributed by atoms with Crippen LogP contribution in [0.25, 0.3) is 0 Å². The number of carbonyl (C=O) groups excluding carboxylic acids is 2. The van der Waals surface area contributed by atoms with E-state index in [1.54, 1.807) is 17.2 Å². The maximum absolute atomic E-state index is 13.3. The summed E-state index contributed by atoms with van der Waals surface area (Å²) in [4.78, 5) is 34.4. The first-order valence-corrected chi connectivity index (χ1v) is 12.7. The van der Waals surface area contributed by atoms with Crippen LogP contribution in [0.4, 0.5) is 5.82 Å². The minimum atomic E-state index is -0.710. The summed E-state index contributed by atoms with van der Waals surface area (Å²) < 4.78 is 6.00. The van der Waals surface area contributed by atoms with Gasteiger partial charge in [0.1, 0.15) is 0 Å². The number of piperidine rings is 1. The number of anilines is 1. The zero-order chi connectivity index (χ0) is 24.7. The Kier molecular flexibility index (Phi) is 7.57. The van der Waals surface area contributed by atoms with E-state index in [0.717, 1.165) is 38.0 Å². The zero-order valence-corrected chi connectivity index (χ0v) is 20.4. The Balaban J connectivity index is 1.11. The van der Waals surface area contributed by atoms with Gasteiger partial charge in [0.05, 0.1) is 0 Å². The van der Waals surface area contributed by atoms with Crippen molar-refractivity contribution in [2.45, 2.75) is 44.4 Å². The van der Waals surface area contributed by atoms with Crippen molar-refractivity contribution in [1.82, 2.24) is 15.2 Å². The van der Waals surface area contributed by atoms with Crippen LogP contribution < -0.4 is 15.0 Å². The number of nitrogens with zero attached hydrogens (tertiary/aromatic N) is 3. The Morgan fingerprint density at radius 2 is 1.69 bits per heavy atom. The molecule has 1 fully saturated rings. The minimum Gasteiger partial charge on any atom is -0.472 e. The van der Waals surface area contributed by atoms with Gasteiger partial charge in [-0.3, -0.25) is 19.4 Å². The van der Waals surface area contributed by atoms with Gasteiger partial charge in [0, 0.05) is 50.4 Å². The van der Waals surface area contributed by atoms with Gasteiger partial charge in [-0.25, -0.2) is 4.98 Å². The van der Waals surface area contributed by atoms with Gasteiger partial charge < -0.3 is 10.1 Å². The molecule has 1 atom stereocenters. The van der Waals surface area contributed by atoms with Gasteiger partial charge in [-0.05, 0) is 37.0 Å². The molecule has 0 saturated carbocycles. The normalized spacial score (nSPS) is 18.4. The highest BCUT2D eigenvalue weighted by atomic mass is 16.5. The van der Waals surface area contributed by atoms with Crippen LogP contribution in [0.5, 0.6) is 5.75 Å². The van der Waals surface area contributed by atoms with E-state index in [-0.39, 0.29) is 17.9 Å². The molecule has 3 heterocycles. The Bertz CT molecular complexity index is 1160. The van der Waals surface area contributed by atoms with E-state index in [9.17, 15) is 9.59 Å². The van der Waals surface area contributed by atoms with Gasteiger partial charge in [0.25, 0.3) is 5.91 Å². The first kappa shape index (κ1) is 24.0. The van der Waals surface area contributed by atoms with E-state index in [2.05, 4.69) is 39.5 Å². The summed E-state index contributed by atoms with van der Waals surface area (Å²) in [6.07, 6.45) is 3.78. The average molecular weight is 485 g/mol. The molecule has 0 bridgehead atoms. The van der Waals surface area contributed by atoms with E-state index in [0.29, 0.717) is 31.0 Å². The second kappa shape index (κ2) is 11.4. The predicted molar refractivity (Wildman–Crippen MR) is 139 cm³/mol. The molecule has 1 saturated heterocycles. The number of aromatic nitrogens is 1. The van der Waals surface area contributed by atoms with Gasteiger partial charge >= 0.3 is 0 Å². The van der Waals surface area contributed by atoms with Crippen LogP contribution in [0, 0.1) is 0 Å². The number of nitrogens with one attached hydrogen (secondary N) is 1. The summed E-state index contributed by atoms with van der Waals surface area (Å²) in [6.45, 7) is 3.32.